The highest BCUT2D eigenvalue weighted by molar-refractivity contribution is 6.12. The number of Topliss-reactive ketones (excluding diaryl/α,β-unsaturated/α-hetero) is 1. The summed E-state index contributed by atoms with van der Waals surface area (Å²) in [6.45, 7) is 8.40. The minimum atomic E-state index is -0.749. The summed E-state index contributed by atoms with van der Waals surface area (Å²) in [7, 11) is 0. The van der Waals surface area contributed by atoms with Crippen molar-refractivity contribution >= 4 is 35.3 Å². The summed E-state index contributed by atoms with van der Waals surface area (Å²) in [4.78, 5) is 74.0. The summed E-state index contributed by atoms with van der Waals surface area (Å²) >= 11 is 0. The molecule has 0 saturated carbocycles. The summed E-state index contributed by atoms with van der Waals surface area (Å²) in [5.41, 5.74) is 5.46. The van der Waals surface area contributed by atoms with Crippen LogP contribution in [0.5, 0.6) is 0 Å². The Labute approximate surface area is 230 Å². The molecule has 0 radical (unpaired) electrons. The van der Waals surface area contributed by atoms with Crippen molar-refractivity contribution in [3.05, 3.63) is 24.1 Å². The lowest BCUT2D eigenvalue weighted by atomic mass is 9.94. The van der Waals surface area contributed by atoms with E-state index in [1.807, 2.05) is 20.8 Å². The molecule has 0 aromatic rings. The number of imide groups is 1. The number of nitrogens with two attached hydrogens (primary N) is 1. The van der Waals surface area contributed by atoms with E-state index in [1.165, 1.54) is 18.4 Å². The topological polar surface area (TPSA) is 177 Å². The Morgan fingerprint density at radius 3 is 2.26 bits per heavy atom. The van der Waals surface area contributed by atoms with Crippen molar-refractivity contribution in [1.82, 2.24) is 20.9 Å². The number of allylic oxidation sites excluding steroid dienone is 1. The molecule has 12 heteroatoms. The van der Waals surface area contributed by atoms with Gasteiger partial charge in [0.1, 0.15) is 12.0 Å². The van der Waals surface area contributed by atoms with E-state index in [1.54, 1.807) is 6.92 Å². The van der Waals surface area contributed by atoms with Gasteiger partial charge in [0.15, 0.2) is 0 Å². The number of rotatable bonds is 18. The van der Waals surface area contributed by atoms with Gasteiger partial charge in [0.2, 0.25) is 17.7 Å². The molecule has 12 nitrogen and oxygen atoms in total. The Morgan fingerprint density at radius 1 is 0.974 bits per heavy atom. The van der Waals surface area contributed by atoms with Crippen molar-refractivity contribution < 1.29 is 33.5 Å². The van der Waals surface area contributed by atoms with E-state index < -0.39 is 23.3 Å². The molecule has 1 heterocycles. The predicted molar refractivity (Wildman–Crippen MR) is 144 cm³/mol. The molecule has 5 N–H and O–H groups in total. The van der Waals surface area contributed by atoms with Crippen LogP contribution >= 0.6 is 0 Å². The van der Waals surface area contributed by atoms with Crippen molar-refractivity contribution in [1.29, 1.82) is 0 Å². The number of carbonyl (C=O) groups is 6. The standard InChI is InChI=1S/C27H43N5O7/c1-19(18-39-27(2,3)4)31-23(35)10-9-20(26(38)30-14-5-8-22(34)29-15-13-28)17-21(33)7-6-16-32-24(36)11-12-25(32)37/h11-12,18,20H,5-10,13-17,28H2,1-4H3,(H,29,34)(H,30,38)(H,31,35)/b19-18+/t20-/m1/s1. The Balaban J connectivity index is 2.63. The minimum Gasteiger partial charge on any atom is -0.494 e. The summed E-state index contributed by atoms with van der Waals surface area (Å²) in [5, 5.41) is 8.11. The monoisotopic (exact) mass is 549 g/mol. The maximum Gasteiger partial charge on any atom is 0.253 e. The van der Waals surface area contributed by atoms with Crippen molar-refractivity contribution in [2.75, 3.05) is 26.2 Å². The number of carbonyl (C=O) groups excluding carboxylic acids is 6. The normalized spacial score (nSPS) is 14.3. The van der Waals surface area contributed by atoms with Gasteiger partial charge in [0.25, 0.3) is 11.8 Å². The van der Waals surface area contributed by atoms with E-state index >= 15 is 0 Å². The lowest BCUT2D eigenvalue weighted by Crippen LogP contribution is -2.35. The Hall–Kier alpha value is -3.54. The molecule has 1 atom stereocenters. The molecule has 0 spiro atoms. The third-order valence-electron chi connectivity index (χ3n) is 5.57. The first kappa shape index (κ1) is 33.5. The number of nitrogens with zero attached hydrogens (tertiary/aromatic N) is 1. The smallest absolute Gasteiger partial charge is 0.253 e. The number of amides is 5. The molecule has 1 aliphatic rings. The second kappa shape index (κ2) is 17.1. The molecule has 1 aliphatic heterocycles. The Kier molecular flexibility index (Phi) is 14.7. The first-order valence-electron chi connectivity index (χ1n) is 13.3. The number of hydrogen-bond acceptors (Lipinski definition) is 8. The maximum atomic E-state index is 12.9. The molecular weight excluding hydrogens is 506 g/mol. The molecule has 0 bridgehead atoms. The Morgan fingerprint density at radius 2 is 1.64 bits per heavy atom. The molecule has 0 unspecified atom stereocenters. The number of ether oxygens (including phenoxy) is 1. The van der Waals surface area contributed by atoms with Gasteiger partial charge in [-0.2, -0.15) is 0 Å². The van der Waals surface area contributed by atoms with Crippen LogP contribution in [0.15, 0.2) is 24.1 Å². The summed E-state index contributed by atoms with van der Waals surface area (Å²) in [5.74, 6) is -2.64. The van der Waals surface area contributed by atoms with Gasteiger partial charge < -0.3 is 26.4 Å². The third-order valence-corrected chi connectivity index (χ3v) is 5.57. The van der Waals surface area contributed by atoms with Crippen LogP contribution in [-0.4, -0.2) is 72.0 Å². The van der Waals surface area contributed by atoms with Gasteiger partial charge in [-0.25, -0.2) is 0 Å². The van der Waals surface area contributed by atoms with Gasteiger partial charge in [-0.05, 0) is 47.0 Å². The van der Waals surface area contributed by atoms with Crippen molar-refractivity contribution in [3.63, 3.8) is 0 Å². The summed E-state index contributed by atoms with van der Waals surface area (Å²) < 4.78 is 5.52. The SMILES string of the molecule is C/C(=C\OC(C)(C)C)NC(=O)CC[C@H](CC(=O)CCCN1C(=O)C=CC1=O)C(=O)NCCCC(=O)NCCN. The number of nitrogens with one attached hydrogen (secondary N) is 3. The van der Waals surface area contributed by atoms with Gasteiger partial charge in [0.05, 0.1) is 5.60 Å². The summed E-state index contributed by atoms with van der Waals surface area (Å²) in [6, 6.07) is 0. The Bertz CT molecular complexity index is 935. The lowest BCUT2D eigenvalue weighted by molar-refractivity contribution is -0.137. The molecule has 5 amide bonds. The fourth-order valence-electron chi connectivity index (χ4n) is 3.58. The van der Waals surface area contributed by atoms with Crippen molar-refractivity contribution in [3.8, 4) is 0 Å². The average Bonchev–Trinajstić information content (AvgIpc) is 3.18. The molecule has 0 saturated heterocycles. The molecule has 0 aromatic heterocycles. The van der Waals surface area contributed by atoms with Crippen LogP contribution in [0, 0.1) is 5.92 Å². The molecular formula is C27H43N5O7. The quantitative estimate of drug-likeness (QED) is 0.110. The van der Waals surface area contributed by atoms with Gasteiger partial charge >= 0.3 is 0 Å². The van der Waals surface area contributed by atoms with Crippen LogP contribution < -0.4 is 21.7 Å². The van der Waals surface area contributed by atoms with E-state index in [-0.39, 0.29) is 75.1 Å². The van der Waals surface area contributed by atoms with Crippen molar-refractivity contribution in [2.24, 2.45) is 11.7 Å². The van der Waals surface area contributed by atoms with Crippen LogP contribution in [-0.2, 0) is 33.5 Å². The highest BCUT2D eigenvalue weighted by Gasteiger charge is 2.25. The van der Waals surface area contributed by atoms with Gasteiger partial charge in [-0.3, -0.25) is 33.7 Å². The highest BCUT2D eigenvalue weighted by Crippen LogP contribution is 2.16. The van der Waals surface area contributed by atoms with E-state index in [0.717, 1.165) is 4.90 Å². The first-order chi connectivity index (χ1) is 18.3. The second-order valence-corrected chi connectivity index (χ2v) is 10.4. The van der Waals surface area contributed by atoms with Crippen LogP contribution in [0.4, 0.5) is 0 Å². The van der Waals surface area contributed by atoms with Crippen LogP contribution in [0.2, 0.25) is 0 Å². The van der Waals surface area contributed by atoms with Crippen LogP contribution in [0.25, 0.3) is 0 Å². The zero-order valence-electron chi connectivity index (χ0n) is 23.5. The zero-order valence-corrected chi connectivity index (χ0v) is 23.5. The molecule has 0 aromatic carbocycles. The maximum absolute atomic E-state index is 12.9. The van der Waals surface area contributed by atoms with Gasteiger partial charge in [-0.15, -0.1) is 0 Å². The van der Waals surface area contributed by atoms with Gasteiger partial charge in [-0.1, -0.05) is 0 Å². The zero-order chi connectivity index (χ0) is 29.4. The molecule has 1 rings (SSSR count). The minimum absolute atomic E-state index is 0.00993. The fourth-order valence-corrected chi connectivity index (χ4v) is 3.58. The predicted octanol–water partition coefficient (Wildman–Crippen LogP) is 0.811. The third kappa shape index (κ3) is 14.8. The molecule has 218 valence electrons. The number of ketones is 1. The lowest BCUT2D eigenvalue weighted by Gasteiger charge is -2.19. The average molecular weight is 550 g/mol. The summed E-state index contributed by atoms with van der Waals surface area (Å²) in [6.07, 6.45) is 4.88. The van der Waals surface area contributed by atoms with E-state index in [0.29, 0.717) is 25.2 Å². The van der Waals surface area contributed by atoms with E-state index in [2.05, 4.69) is 16.0 Å². The van der Waals surface area contributed by atoms with Crippen molar-refractivity contribution in [2.45, 2.75) is 78.2 Å². The molecule has 0 aliphatic carbocycles. The molecule has 39 heavy (non-hydrogen) atoms. The van der Waals surface area contributed by atoms with E-state index in [9.17, 15) is 28.8 Å². The second-order valence-electron chi connectivity index (χ2n) is 10.4. The first-order valence-corrected chi connectivity index (χ1v) is 13.3. The molecule has 0 fully saturated rings. The van der Waals surface area contributed by atoms with Crippen LogP contribution in [0.3, 0.4) is 0 Å². The highest BCUT2D eigenvalue weighted by atomic mass is 16.5. The largest absolute Gasteiger partial charge is 0.494 e. The van der Waals surface area contributed by atoms with E-state index in [4.69, 9.17) is 10.5 Å². The van der Waals surface area contributed by atoms with Crippen LogP contribution in [0.1, 0.15) is 72.6 Å². The van der Waals surface area contributed by atoms with Gasteiger partial charge in [0, 0.05) is 75.6 Å². The fraction of sp³-hybridized carbons (Fsp3) is 0.630. The number of hydrogen-bond donors (Lipinski definition) is 4.